The van der Waals surface area contributed by atoms with Gasteiger partial charge in [-0.3, -0.25) is 19.6 Å². The summed E-state index contributed by atoms with van der Waals surface area (Å²) in [7, 11) is 4.40. The molecule has 154 valence electrons. The average Bonchev–Trinajstić information content (AvgIpc) is 2.76. The van der Waals surface area contributed by atoms with Crippen molar-refractivity contribution in [2.24, 2.45) is 0 Å². The van der Waals surface area contributed by atoms with Crippen molar-refractivity contribution in [2.75, 3.05) is 21.3 Å². The lowest BCUT2D eigenvalue weighted by atomic mass is 10.1. The Morgan fingerprint density at radius 3 is 2.14 bits per heavy atom. The molecule has 9 nitrogen and oxygen atoms in total. The van der Waals surface area contributed by atoms with Crippen molar-refractivity contribution in [2.45, 2.75) is 6.61 Å². The van der Waals surface area contributed by atoms with Gasteiger partial charge in [0.2, 0.25) is 5.75 Å². The first kappa shape index (κ1) is 21.7. The summed E-state index contributed by atoms with van der Waals surface area (Å²) in [5.41, 5.74) is 5.72. The normalized spacial score (nSPS) is 10.5. The van der Waals surface area contributed by atoms with Gasteiger partial charge in [0.05, 0.1) is 27.9 Å². The number of carbonyl (C=O) groups is 2. The zero-order valence-electron chi connectivity index (χ0n) is 16.2. The second-order valence-corrected chi connectivity index (χ2v) is 5.68. The second-order valence-electron chi connectivity index (χ2n) is 5.68. The molecular formula is C20H22N2O7. The average molecular weight is 402 g/mol. The summed E-state index contributed by atoms with van der Waals surface area (Å²) in [6.07, 6.45) is 2.74. The number of hydrogen-bond donors (Lipinski definition) is 3. The molecule has 9 heteroatoms. The first-order valence-electron chi connectivity index (χ1n) is 8.45. The maximum Gasteiger partial charge on any atom is 0.275 e. The summed E-state index contributed by atoms with van der Waals surface area (Å²) in [4.78, 5) is 28.6. The molecule has 2 aromatic carbocycles. The minimum absolute atomic E-state index is 0.136. The van der Waals surface area contributed by atoms with E-state index in [0.29, 0.717) is 17.2 Å². The lowest BCUT2D eigenvalue weighted by Gasteiger charge is -2.14. The van der Waals surface area contributed by atoms with Gasteiger partial charge in [0.1, 0.15) is 0 Å². The number of carbonyl (C=O) groups excluding carboxylic acids is 2. The molecule has 0 atom stereocenters. The van der Waals surface area contributed by atoms with Crippen LogP contribution in [0.4, 0.5) is 0 Å². The van der Waals surface area contributed by atoms with E-state index < -0.39 is 11.8 Å². The third kappa shape index (κ3) is 5.96. The molecule has 0 spiro atoms. The van der Waals surface area contributed by atoms with E-state index >= 15 is 0 Å². The van der Waals surface area contributed by atoms with Crippen LogP contribution in [0.5, 0.6) is 17.2 Å². The van der Waals surface area contributed by atoms with Crippen LogP contribution in [-0.4, -0.2) is 38.4 Å². The van der Waals surface area contributed by atoms with Crippen LogP contribution in [0.3, 0.4) is 0 Å². The number of hydroxylamine groups is 2. The van der Waals surface area contributed by atoms with Crippen LogP contribution < -0.4 is 25.2 Å². The molecular weight excluding hydrogens is 380 g/mol. The standard InChI is InChI=1S/C20H22N2O7/c1-26-16-10-15(11-17(27-2)19(16)28-3)20(24)22-29-12-14-6-4-13(5-7-14)8-9-18(23)21-25/h4-11,25H,12H2,1-3H3,(H,21,23)(H,22,24)/b9-8+. The van der Waals surface area contributed by atoms with Gasteiger partial charge < -0.3 is 14.2 Å². The van der Waals surface area contributed by atoms with Crippen molar-refractivity contribution in [1.82, 2.24) is 11.0 Å². The van der Waals surface area contributed by atoms with E-state index in [4.69, 9.17) is 24.3 Å². The van der Waals surface area contributed by atoms with E-state index in [1.54, 1.807) is 30.3 Å². The summed E-state index contributed by atoms with van der Waals surface area (Å²) in [5.74, 6) is 0.00913. The molecule has 2 rings (SSSR count). The number of rotatable bonds is 9. The van der Waals surface area contributed by atoms with Crippen LogP contribution in [-0.2, 0) is 16.2 Å². The molecule has 0 aliphatic rings. The van der Waals surface area contributed by atoms with Crippen LogP contribution in [0.2, 0.25) is 0 Å². The van der Waals surface area contributed by atoms with Crippen LogP contribution >= 0.6 is 0 Å². The van der Waals surface area contributed by atoms with Crippen LogP contribution in [0.1, 0.15) is 21.5 Å². The van der Waals surface area contributed by atoms with E-state index in [9.17, 15) is 9.59 Å². The van der Waals surface area contributed by atoms with E-state index in [1.807, 2.05) is 0 Å². The van der Waals surface area contributed by atoms with Crippen molar-refractivity contribution in [3.05, 3.63) is 59.2 Å². The first-order chi connectivity index (χ1) is 14.0. The molecule has 3 N–H and O–H groups in total. The summed E-state index contributed by atoms with van der Waals surface area (Å²) >= 11 is 0. The molecule has 0 saturated heterocycles. The maximum absolute atomic E-state index is 12.3. The molecule has 0 saturated carbocycles. The second kappa shape index (κ2) is 10.7. The van der Waals surface area contributed by atoms with Gasteiger partial charge >= 0.3 is 0 Å². The topological polar surface area (TPSA) is 115 Å². The number of benzene rings is 2. The highest BCUT2D eigenvalue weighted by molar-refractivity contribution is 5.95. The number of nitrogens with one attached hydrogen (secondary N) is 2. The van der Waals surface area contributed by atoms with Crippen molar-refractivity contribution < 1.29 is 33.8 Å². The zero-order valence-corrected chi connectivity index (χ0v) is 16.2. The quantitative estimate of drug-likeness (QED) is 0.334. The fourth-order valence-corrected chi connectivity index (χ4v) is 2.39. The third-order valence-corrected chi connectivity index (χ3v) is 3.85. The highest BCUT2D eigenvalue weighted by atomic mass is 16.6. The Kier molecular flexibility index (Phi) is 8.01. The van der Waals surface area contributed by atoms with Gasteiger partial charge in [-0.05, 0) is 29.3 Å². The molecule has 0 fully saturated rings. The SMILES string of the molecule is COc1cc(C(=O)NOCc2ccc(/C=C/C(=O)NO)cc2)cc(OC)c1OC. The minimum Gasteiger partial charge on any atom is -0.493 e. The van der Waals surface area contributed by atoms with E-state index in [-0.39, 0.29) is 12.2 Å². The Morgan fingerprint density at radius 1 is 1.00 bits per heavy atom. The fraction of sp³-hybridized carbons (Fsp3) is 0.200. The van der Waals surface area contributed by atoms with Gasteiger partial charge in [-0.15, -0.1) is 0 Å². The van der Waals surface area contributed by atoms with Gasteiger partial charge in [0.15, 0.2) is 11.5 Å². The summed E-state index contributed by atoms with van der Waals surface area (Å²) < 4.78 is 15.7. The molecule has 0 radical (unpaired) electrons. The van der Waals surface area contributed by atoms with Gasteiger partial charge in [-0.1, -0.05) is 24.3 Å². The van der Waals surface area contributed by atoms with Crippen molar-refractivity contribution in [3.63, 3.8) is 0 Å². The maximum atomic E-state index is 12.3. The van der Waals surface area contributed by atoms with Crippen LogP contribution in [0, 0.1) is 0 Å². The Balaban J connectivity index is 1.96. The van der Waals surface area contributed by atoms with Crippen molar-refractivity contribution >= 4 is 17.9 Å². The molecule has 0 aliphatic carbocycles. The monoisotopic (exact) mass is 402 g/mol. The molecule has 0 bridgehead atoms. The summed E-state index contributed by atoms with van der Waals surface area (Å²) in [6.45, 7) is 0.136. The number of amides is 2. The predicted molar refractivity (Wildman–Crippen MR) is 104 cm³/mol. The Bertz CT molecular complexity index is 854. The molecule has 0 unspecified atom stereocenters. The fourth-order valence-electron chi connectivity index (χ4n) is 2.39. The van der Waals surface area contributed by atoms with E-state index in [0.717, 1.165) is 11.1 Å². The summed E-state index contributed by atoms with van der Waals surface area (Å²) in [6, 6.07) is 10.1. The minimum atomic E-state index is -0.619. The zero-order chi connectivity index (χ0) is 21.2. The highest BCUT2D eigenvalue weighted by Gasteiger charge is 2.17. The van der Waals surface area contributed by atoms with Gasteiger partial charge in [-0.25, -0.2) is 11.0 Å². The Labute approximate surface area is 167 Å². The molecule has 29 heavy (non-hydrogen) atoms. The van der Waals surface area contributed by atoms with E-state index in [2.05, 4.69) is 5.48 Å². The molecule has 0 aliphatic heterocycles. The lowest BCUT2D eigenvalue weighted by Crippen LogP contribution is -2.23. The number of hydrogen-bond acceptors (Lipinski definition) is 7. The number of ether oxygens (including phenoxy) is 3. The Morgan fingerprint density at radius 2 is 1.62 bits per heavy atom. The van der Waals surface area contributed by atoms with Gasteiger partial charge in [0.25, 0.3) is 11.8 Å². The highest BCUT2D eigenvalue weighted by Crippen LogP contribution is 2.38. The van der Waals surface area contributed by atoms with Crippen LogP contribution in [0.25, 0.3) is 6.08 Å². The van der Waals surface area contributed by atoms with Crippen molar-refractivity contribution in [1.29, 1.82) is 0 Å². The molecule has 2 aromatic rings. The summed E-state index contributed by atoms with van der Waals surface area (Å²) in [5, 5.41) is 8.44. The van der Waals surface area contributed by atoms with Gasteiger partial charge in [0, 0.05) is 11.6 Å². The number of methoxy groups -OCH3 is 3. The molecule has 0 heterocycles. The predicted octanol–water partition coefficient (Wildman–Crippen LogP) is 2.09. The first-order valence-corrected chi connectivity index (χ1v) is 8.45. The third-order valence-electron chi connectivity index (χ3n) is 3.85. The van der Waals surface area contributed by atoms with Gasteiger partial charge in [-0.2, -0.15) is 0 Å². The van der Waals surface area contributed by atoms with Crippen molar-refractivity contribution in [3.8, 4) is 17.2 Å². The smallest absolute Gasteiger partial charge is 0.275 e. The van der Waals surface area contributed by atoms with E-state index in [1.165, 1.54) is 45.0 Å². The molecule has 2 amide bonds. The lowest BCUT2D eigenvalue weighted by molar-refractivity contribution is -0.124. The Hall–Kier alpha value is -3.56. The van der Waals surface area contributed by atoms with Crippen LogP contribution in [0.15, 0.2) is 42.5 Å². The molecule has 0 aromatic heterocycles. The largest absolute Gasteiger partial charge is 0.493 e.